The molecule has 0 bridgehead atoms. The lowest BCUT2D eigenvalue weighted by atomic mass is 9.86. The minimum Gasteiger partial charge on any atom is -0.353 e. The fraction of sp³-hybridized carbons (Fsp3) is 0.875. The molecule has 0 aromatic carbocycles. The minimum atomic E-state index is -0.294. The highest BCUT2D eigenvalue weighted by atomic mass is 16.2. The Morgan fingerprint density at radius 2 is 1.81 bits per heavy atom. The fourth-order valence-corrected chi connectivity index (χ4v) is 2.77. The molecule has 2 N–H and O–H groups in total. The zero-order valence-corrected chi connectivity index (χ0v) is 14.1. The molecule has 0 aromatic rings. The molecule has 3 unspecified atom stereocenters. The summed E-state index contributed by atoms with van der Waals surface area (Å²) in [4.78, 5) is 25.9. The highest BCUT2D eigenvalue weighted by molar-refractivity contribution is 5.83. The predicted molar refractivity (Wildman–Crippen MR) is 84.9 cm³/mol. The van der Waals surface area contributed by atoms with Crippen LogP contribution in [0.2, 0.25) is 0 Å². The van der Waals surface area contributed by atoms with E-state index in [4.69, 9.17) is 0 Å². The van der Waals surface area contributed by atoms with Gasteiger partial charge >= 0.3 is 0 Å². The van der Waals surface area contributed by atoms with E-state index in [1.165, 1.54) is 19.3 Å². The number of carbonyl (C=O) groups excluding carboxylic acids is 2. The van der Waals surface area contributed by atoms with Crippen molar-refractivity contribution in [3.8, 4) is 0 Å². The van der Waals surface area contributed by atoms with Crippen LogP contribution in [0.4, 0.5) is 0 Å². The lowest BCUT2D eigenvalue weighted by Gasteiger charge is -2.32. The number of hydrogen-bond donors (Lipinski definition) is 2. The summed E-state index contributed by atoms with van der Waals surface area (Å²) < 4.78 is 0. The summed E-state index contributed by atoms with van der Waals surface area (Å²) in [6.45, 7) is 8.16. The second-order valence-corrected chi connectivity index (χ2v) is 6.69. The molecule has 3 atom stereocenters. The Morgan fingerprint density at radius 3 is 2.38 bits per heavy atom. The third kappa shape index (κ3) is 6.04. The molecule has 1 saturated carbocycles. The van der Waals surface area contributed by atoms with Gasteiger partial charge in [0.15, 0.2) is 0 Å². The maximum Gasteiger partial charge on any atom is 0.237 e. The van der Waals surface area contributed by atoms with Gasteiger partial charge in [-0.2, -0.15) is 0 Å². The first-order chi connectivity index (χ1) is 9.81. The SMILES string of the molecule is CC(C)NC(=O)CN(C)C(C)C(=O)NC1CCCCC1C. The van der Waals surface area contributed by atoms with E-state index in [0.717, 1.165) is 6.42 Å². The van der Waals surface area contributed by atoms with Gasteiger partial charge in [0, 0.05) is 12.1 Å². The number of rotatable bonds is 6. The predicted octanol–water partition coefficient (Wildman–Crippen LogP) is 1.53. The molecule has 1 rings (SSSR count). The zero-order valence-electron chi connectivity index (χ0n) is 14.1. The van der Waals surface area contributed by atoms with E-state index in [0.29, 0.717) is 5.92 Å². The number of likely N-dealkylation sites (N-methyl/N-ethyl adjacent to an activating group) is 1. The van der Waals surface area contributed by atoms with Crippen molar-refractivity contribution in [2.75, 3.05) is 13.6 Å². The highest BCUT2D eigenvalue weighted by Crippen LogP contribution is 2.23. The third-order valence-electron chi connectivity index (χ3n) is 4.32. The van der Waals surface area contributed by atoms with Gasteiger partial charge in [0.2, 0.25) is 11.8 Å². The van der Waals surface area contributed by atoms with Crippen LogP contribution in [-0.2, 0) is 9.59 Å². The van der Waals surface area contributed by atoms with E-state index in [-0.39, 0.29) is 36.5 Å². The lowest BCUT2D eigenvalue weighted by Crippen LogP contribution is -2.51. The lowest BCUT2D eigenvalue weighted by molar-refractivity contribution is -0.128. The van der Waals surface area contributed by atoms with Crippen LogP contribution in [-0.4, -0.2) is 48.4 Å². The van der Waals surface area contributed by atoms with Crippen molar-refractivity contribution in [3.63, 3.8) is 0 Å². The van der Waals surface area contributed by atoms with E-state index in [2.05, 4.69) is 17.6 Å². The van der Waals surface area contributed by atoms with Crippen LogP contribution in [0.25, 0.3) is 0 Å². The minimum absolute atomic E-state index is 0.0218. The molecule has 0 aromatic heterocycles. The average Bonchev–Trinajstić information content (AvgIpc) is 2.39. The molecular formula is C16H31N3O2. The zero-order chi connectivity index (χ0) is 16.0. The molecule has 5 heteroatoms. The first-order valence-corrected chi connectivity index (χ1v) is 8.11. The second-order valence-electron chi connectivity index (χ2n) is 6.69. The van der Waals surface area contributed by atoms with Crippen molar-refractivity contribution >= 4 is 11.8 Å². The van der Waals surface area contributed by atoms with Gasteiger partial charge in [-0.3, -0.25) is 14.5 Å². The Balaban J connectivity index is 2.43. The van der Waals surface area contributed by atoms with Crippen LogP contribution in [0, 0.1) is 5.92 Å². The molecule has 0 spiro atoms. The van der Waals surface area contributed by atoms with Gasteiger partial charge in [-0.1, -0.05) is 19.8 Å². The maximum absolute atomic E-state index is 12.3. The Morgan fingerprint density at radius 1 is 1.19 bits per heavy atom. The molecular weight excluding hydrogens is 266 g/mol. The number of carbonyl (C=O) groups is 2. The van der Waals surface area contributed by atoms with Gasteiger partial charge in [-0.15, -0.1) is 0 Å². The molecule has 1 aliphatic carbocycles. The normalized spacial score (nSPS) is 24.0. The molecule has 0 radical (unpaired) electrons. The van der Waals surface area contributed by atoms with Crippen LogP contribution in [0.3, 0.4) is 0 Å². The van der Waals surface area contributed by atoms with Crippen molar-refractivity contribution in [2.24, 2.45) is 5.92 Å². The smallest absolute Gasteiger partial charge is 0.237 e. The van der Waals surface area contributed by atoms with E-state index >= 15 is 0 Å². The molecule has 122 valence electrons. The second kappa shape index (κ2) is 8.37. The quantitative estimate of drug-likeness (QED) is 0.781. The number of hydrogen-bond acceptors (Lipinski definition) is 3. The Labute approximate surface area is 128 Å². The van der Waals surface area contributed by atoms with Crippen molar-refractivity contribution in [1.29, 1.82) is 0 Å². The standard InChI is InChI=1S/C16H31N3O2/c1-11(2)17-15(20)10-19(5)13(4)16(21)18-14-9-7-6-8-12(14)3/h11-14H,6-10H2,1-5H3,(H,17,20)(H,18,21). The van der Waals surface area contributed by atoms with Crippen LogP contribution < -0.4 is 10.6 Å². The van der Waals surface area contributed by atoms with Crippen LogP contribution >= 0.6 is 0 Å². The highest BCUT2D eigenvalue weighted by Gasteiger charge is 2.26. The van der Waals surface area contributed by atoms with Gasteiger partial charge in [0.25, 0.3) is 0 Å². The van der Waals surface area contributed by atoms with Crippen LogP contribution in [0.5, 0.6) is 0 Å². The molecule has 1 aliphatic rings. The van der Waals surface area contributed by atoms with Gasteiger partial charge in [0.05, 0.1) is 12.6 Å². The summed E-state index contributed by atoms with van der Waals surface area (Å²) in [5.41, 5.74) is 0. The summed E-state index contributed by atoms with van der Waals surface area (Å²) in [7, 11) is 1.81. The van der Waals surface area contributed by atoms with Crippen molar-refractivity contribution in [1.82, 2.24) is 15.5 Å². The number of amides is 2. The Kier molecular flexibility index (Phi) is 7.15. The molecule has 0 aliphatic heterocycles. The van der Waals surface area contributed by atoms with Gasteiger partial charge in [0.1, 0.15) is 0 Å². The molecule has 5 nitrogen and oxygen atoms in total. The molecule has 1 fully saturated rings. The van der Waals surface area contributed by atoms with E-state index < -0.39 is 0 Å². The Bertz CT molecular complexity index is 357. The number of nitrogens with one attached hydrogen (secondary N) is 2. The van der Waals surface area contributed by atoms with Crippen molar-refractivity contribution in [2.45, 2.75) is 71.5 Å². The third-order valence-corrected chi connectivity index (χ3v) is 4.32. The van der Waals surface area contributed by atoms with Crippen LogP contribution in [0.1, 0.15) is 53.4 Å². The van der Waals surface area contributed by atoms with E-state index in [1.54, 1.807) is 4.90 Å². The summed E-state index contributed by atoms with van der Waals surface area (Å²) >= 11 is 0. The summed E-state index contributed by atoms with van der Waals surface area (Å²) in [5.74, 6) is 0.524. The van der Waals surface area contributed by atoms with Gasteiger partial charge in [-0.05, 0) is 46.6 Å². The summed E-state index contributed by atoms with van der Waals surface area (Å²) in [6.07, 6.45) is 4.71. The molecule has 2 amide bonds. The fourth-order valence-electron chi connectivity index (χ4n) is 2.77. The number of nitrogens with zero attached hydrogens (tertiary/aromatic N) is 1. The molecule has 0 saturated heterocycles. The van der Waals surface area contributed by atoms with E-state index in [9.17, 15) is 9.59 Å². The van der Waals surface area contributed by atoms with E-state index in [1.807, 2.05) is 27.8 Å². The summed E-state index contributed by atoms with van der Waals surface area (Å²) in [6, 6.07) is 0.113. The first-order valence-electron chi connectivity index (χ1n) is 8.11. The maximum atomic E-state index is 12.3. The first kappa shape index (κ1) is 18.0. The summed E-state index contributed by atoms with van der Waals surface area (Å²) in [5, 5.41) is 5.99. The van der Waals surface area contributed by atoms with Crippen molar-refractivity contribution < 1.29 is 9.59 Å². The molecule has 0 heterocycles. The largest absolute Gasteiger partial charge is 0.353 e. The molecule has 21 heavy (non-hydrogen) atoms. The Hall–Kier alpha value is -1.10. The monoisotopic (exact) mass is 297 g/mol. The topological polar surface area (TPSA) is 61.4 Å². The van der Waals surface area contributed by atoms with Gasteiger partial charge < -0.3 is 10.6 Å². The van der Waals surface area contributed by atoms with Crippen LogP contribution in [0.15, 0.2) is 0 Å². The average molecular weight is 297 g/mol. The van der Waals surface area contributed by atoms with Crippen molar-refractivity contribution in [3.05, 3.63) is 0 Å². The van der Waals surface area contributed by atoms with Gasteiger partial charge in [-0.25, -0.2) is 0 Å².